The van der Waals surface area contributed by atoms with Crippen LogP contribution in [-0.4, -0.2) is 0 Å². The fourth-order valence-corrected chi connectivity index (χ4v) is 2.38. The normalized spacial score (nSPS) is 10.4. The Morgan fingerprint density at radius 2 is 1.30 bits per heavy atom. The lowest BCUT2D eigenvalue weighted by Gasteiger charge is -2.03. The van der Waals surface area contributed by atoms with E-state index in [9.17, 15) is 0 Å². The van der Waals surface area contributed by atoms with Crippen LogP contribution in [0.4, 0.5) is 0 Å². The molecule has 0 heteroatoms. The van der Waals surface area contributed by atoms with Crippen LogP contribution in [0.15, 0.2) is 42.5 Å². The summed E-state index contributed by atoms with van der Waals surface area (Å²) in [5, 5.41) is 0. The first-order chi connectivity index (χ1) is 9.69. The van der Waals surface area contributed by atoms with Crippen molar-refractivity contribution in [3.8, 4) is 11.1 Å². The third-order valence-corrected chi connectivity index (χ3v) is 3.03. The molecule has 0 heterocycles. The highest BCUT2D eigenvalue weighted by Crippen LogP contribution is 2.38. The summed E-state index contributed by atoms with van der Waals surface area (Å²) in [6.07, 6.45) is 3.60. The molecule has 0 bridgehead atoms. The van der Waals surface area contributed by atoms with E-state index in [1.165, 1.54) is 40.7 Å². The van der Waals surface area contributed by atoms with Crippen molar-refractivity contribution in [2.75, 3.05) is 0 Å². The summed E-state index contributed by atoms with van der Waals surface area (Å²) in [6.45, 7) is 10.7. The van der Waals surface area contributed by atoms with Gasteiger partial charge in [-0.25, -0.2) is 0 Å². The van der Waals surface area contributed by atoms with Crippen LogP contribution < -0.4 is 0 Å². The summed E-state index contributed by atoms with van der Waals surface area (Å²) < 4.78 is 0. The van der Waals surface area contributed by atoms with E-state index < -0.39 is 0 Å². The minimum atomic E-state index is 1.10. The summed E-state index contributed by atoms with van der Waals surface area (Å²) in [4.78, 5) is 0. The summed E-state index contributed by atoms with van der Waals surface area (Å²) >= 11 is 0. The number of aryl methyl sites for hydroxylation is 1. The fraction of sp³-hybridized carbons (Fsp3) is 0.400. The number of hydrogen-bond acceptors (Lipinski definition) is 0. The van der Waals surface area contributed by atoms with Crippen LogP contribution in [-0.2, 0) is 6.42 Å². The molecule has 2 aromatic rings. The third-order valence-electron chi connectivity index (χ3n) is 3.03. The average molecular weight is 268 g/mol. The van der Waals surface area contributed by atoms with E-state index in [-0.39, 0.29) is 0 Å². The van der Waals surface area contributed by atoms with Crippen molar-refractivity contribution in [3.05, 3.63) is 59.2 Å². The smallest absolute Gasteiger partial charge is 0.00134 e. The predicted octanol–water partition coefficient (Wildman–Crippen LogP) is 6.40. The van der Waals surface area contributed by atoms with Gasteiger partial charge < -0.3 is 0 Å². The Morgan fingerprint density at radius 3 is 1.95 bits per heavy atom. The van der Waals surface area contributed by atoms with Gasteiger partial charge in [0.05, 0.1) is 0 Å². The standard InChI is InChI=1S/C14H12.2C3H8/c1-10-5-4-7-12-9-11-6-2-3-8-13(11)14(10)12;2*1-3-2/h2-8H,9H2,1H3;2*3H2,1-2H3. The van der Waals surface area contributed by atoms with Gasteiger partial charge in [-0.05, 0) is 41.2 Å². The Morgan fingerprint density at radius 1 is 0.750 bits per heavy atom. The Hall–Kier alpha value is -1.56. The van der Waals surface area contributed by atoms with Gasteiger partial charge in [0.15, 0.2) is 0 Å². The molecule has 0 nitrogen and oxygen atoms in total. The first-order valence-corrected chi connectivity index (χ1v) is 7.86. The van der Waals surface area contributed by atoms with Gasteiger partial charge in [0.2, 0.25) is 0 Å². The molecule has 0 radical (unpaired) electrons. The number of hydrogen-bond donors (Lipinski definition) is 0. The van der Waals surface area contributed by atoms with Crippen LogP contribution in [0, 0.1) is 6.92 Å². The Kier molecular flexibility index (Phi) is 7.08. The van der Waals surface area contributed by atoms with Crippen LogP contribution >= 0.6 is 0 Å². The van der Waals surface area contributed by atoms with Gasteiger partial charge in [-0.1, -0.05) is 83.0 Å². The van der Waals surface area contributed by atoms with E-state index in [0.717, 1.165) is 6.42 Å². The van der Waals surface area contributed by atoms with Crippen LogP contribution in [0.1, 0.15) is 57.2 Å². The molecule has 0 amide bonds. The lowest BCUT2D eigenvalue weighted by molar-refractivity contribution is 1.09. The minimum Gasteiger partial charge on any atom is -0.0656 e. The van der Waals surface area contributed by atoms with Crippen LogP contribution in [0.3, 0.4) is 0 Å². The molecule has 0 N–H and O–H groups in total. The number of fused-ring (bicyclic) bond motifs is 3. The van der Waals surface area contributed by atoms with E-state index in [2.05, 4.69) is 77.1 Å². The molecule has 1 aliphatic carbocycles. The number of rotatable bonds is 0. The topological polar surface area (TPSA) is 0 Å². The molecule has 2 aromatic carbocycles. The van der Waals surface area contributed by atoms with Crippen LogP contribution in [0.2, 0.25) is 0 Å². The molecule has 0 fully saturated rings. The second-order valence-corrected chi connectivity index (χ2v) is 5.36. The predicted molar refractivity (Wildman–Crippen MR) is 91.4 cm³/mol. The van der Waals surface area contributed by atoms with Gasteiger partial charge >= 0.3 is 0 Å². The monoisotopic (exact) mass is 268 g/mol. The van der Waals surface area contributed by atoms with Gasteiger partial charge in [0.1, 0.15) is 0 Å². The molecule has 20 heavy (non-hydrogen) atoms. The second kappa shape index (κ2) is 8.58. The van der Waals surface area contributed by atoms with E-state index in [1.54, 1.807) is 0 Å². The summed E-state index contributed by atoms with van der Waals surface area (Å²) in [5.74, 6) is 0. The molecule has 0 spiro atoms. The number of benzene rings is 2. The van der Waals surface area contributed by atoms with E-state index >= 15 is 0 Å². The highest BCUT2D eigenvalue weighted by atomic mass is 14.2. The molecule has 3 rings (SSSR count). The van der Waals surface area contributed by atoms with Crippen molar-refractivity contribution in [2.45, 2.75) is 53.9 Å². The molecule has 0 saturated carbocycles. The first-order valence-electron chi connectivity index (χ1n) is 7.86. The van der Waals surface area contributed by atoms with Gasteiger partial charge in [-0.3, -0.25) is 0 Å². The fourth-order valence-electron chi connectivity index (χ4n) is 2.38. The van der Waals surface area contributed by atoms with E-state index in [0.29, 0.717) is 0 Å². The lowest BCUT2D eigenvalue weighted by Crippen LogP contribution is -1.82. The molecule has 108 valence electrons. The molecule has 1 aliphatic rings. The van der Waals surface area contributed by atoms with Crippen LogP contribution in [0.25, 0.3) is 11.1 Å². The van der Waals surface area contributed by atoms with Crippen molar-refractivity contribution in [2.24, 2.45) is 0 Å². The highest BCUT2D eigenvalue weighted by molar-refractivity contribution is 5.79. The zero-order chi connectivity index (χ0) is 15.0. The third kappa shape index (κ3) is 3.96. The zero-order valence-electron chi connectivity index (χ0n) is 13.7. The van der Waals surface area contributed by atoms with Gasteiger partial charge in [-0.2, -0.15) is 0 Å². The average Bonchev–Trinajstić information content (AvgIpc) is 2.80. The molecular weight excluding hydrogens is 240 g/mol. The SMILES string of the molecule is CCC.CCC.Cc1cccc2c1-c1ccccc1C2. The van der Waals surface area contributed by atoms with Crippen molar-refractivity contribution >= 4 is 0 Å². The van der Waals surface area contributed by atoms with Crippen molar-refractivity contribution in [3.63, 3.8) is 0 Å². The maximum Gasteiger partial charge on any atom is -0.00134 e. The molecule has 0 unspecified atom stereocenters. The summed E-state index contributed by atoms with van der Waals surface area (Å²) in [7, 11) is 0. The molecule has 0 saturated heterocycles. The van der Waals surface area contributed by atoms with Crippen molar-refractivity contribution < 1.29 is 0 Å². The molecule has 0 atom stereocenters. The maximum atomic E-state index is 2.24. The molecule has 0 aromatic heterocycles. The summed E-state index contributed by atoms with van der Waals surface area (Å²) in [6, 6.07) is 15.3. The van der Waals surface area contributed by atoms with Crippen molar-refractivity contribution in [1.29, 1.82) is 0 Å². The Labute approximate surface area is 124 Å². The van der Waals surface area contributed by atoms with Crippen LogP contribution in [0.5, 0.6) is 0 Å². The van der Waals surface area contributed by atoms with Gasteiger partial charge in [-0.15, -0.1) is 0 Å². The van der Waals surface area contributed by atoms with Gasteiger partial charge in [0, 0.05) is 0 Å². The largest absolute Gasteiger partial charge is 0.0656 e. The molecule has 0 aliphatic heterocycles. The quantitative estimate of drug-likeness (QED) is 0.442. The van der Waals surface area contributed by atoms with E-state index in [1.807, 2.05) is 0 Å². The minimum absolute atomic E-state index is 1.10. The Bertz CT molecular complexity index is 521. The maximum absolute atomic E-state index is 2.24. The zero-order valence-corrected chi connectivity index (χ0v) is 13.7. The second-order valence-electron chi connectivity index (χ2n) is 5.36. The molecular formula is C20H28. The first kappa shape index (κ1) is 16.5. The van der Waals surface area contributed by atoms with Gasteiger partial charge in [0.25, 0.3) is 0 Å². The lowest BCUT2D eigenvalue weighted by atomic mass is 10.0. The van der Waals surface area contributed by atoms with E-state index in [4.69, 9.17) is 0 Å². The highest BCUT2D eigenvalue weighted by Gasteiger charge is 2.18. The summed E-state index contributed by atoms with van der Waals surface area (Å²) in [5.41, 5.74) is 7.24. The Balaban J connectivity index is 0.000000290. The van der Waals surface area contributed by atoms with Crippen molar-refractivity contribution in [1.82, 2.24) is 0 Å².